The Balaban J connectivity index is 1.76. The third-order valence-corrected chi connectivity index (χ3v) is 4.09. The van der Waals surface area contributed by atoms with Gasteiger partial charge in [0.1, 0.15) is 5.82 Å². The molecular formula is C17H24FNO2. The summed E-state index contributed by atoms with van der Waals surface area (Å²) in [5, 5.41) is 3.00. The molecule has 0 aliphatic carbocycles. The van der Waals surface area contributed by atoms with E-state index in [1.165, 1.54) is 12.1 Å². The number of hydrogen-bond donors (Lipinski definition) is 1. The zero-order valence-electron chi connectivity index (χ0n) is 12.8. The van der Waals surface area contributed by atoms with Crippen LogP contribution in [0.15, 0.2) is 24.3 Å². The second-order valence-electron chi connectivity index (χ2n) is 6.04. The van der Waals surface area contributed by atoms with Gasteiger partial charge in [-0.05, 0) is 49.3 Å². The maximum Gasteiger partial charge on any atom is 0.220 e. The lowest BCUT2D eigenvalue weighted by Gasteiger charge is -2.27. The van der Waals surface area contributed by atoms with Gasteiger partial charge in [0, 0.05) is 19.6 Å². The standard InChI is InChI=1S/C17H24FNO2/c1-12(15-4-3-5-16(18)10-15)8-17(20)19-11-14-6-7-21-13(2)9-14/h3-5,10,12-14H,6-9,11H2,1-2H3,(H,19,20)/t12-,13+,14-/m0/s1. The number of halogens is 1. The molecule has 0 saturated carbocycles. The summed E-state index contributed by atoms with van der Waals surface area (Å²) in [7, 11) is 0. The van der Waals surface area contributed by atoms with Gasteiger partial charge in [0.05, 0.1) is 6.10 Å². The molecule has 1 N–H and O–H groups in total. The summed E-state index contributed by atoms with van der Waals surface area (Å²) >= 11 is 0. The fourth-order valence-corrected chi connectivity index (χ4v) is 2.82. The van der Waals surface area contributed by atoms with Crippen LogP contribution in [0.25, 0.3) is 0 Å². The Labute approximate surface area is 125 Å². The van der Waals surface area contributed by atoms with Gasteiger partial charge in [0.2, 0.25) is 5.91 Å². The number of carbonyl (C=O) groups excluding carboxylic acids is 1. The van der Waals surface area contributed by atoms with Crippen molar-refractivity contribution in [3.63, 3.8) is 0 Å². The number of carbonyl (C=O) groups is 1. The topological polar surface area (TPSA) is 38.3 Å². The van der Waals surface area contributed by atoms with E-state index in [4.69, 9.17) is 4.74 Å². The third-order valence-electron chi connectivity index (χ3n) is 4.09. The molecule has 1 fully saturated rings. The van der Waals surface area contributed by atoms with Gasteiger partial charge < -0.3 is 10.1 Å². The number of amides is 1. The van der Waals surface area contributed by atoms with Crippen LogP contribution in [0.3, 0.4) is 0 Å². The SMILES string of the molecule is C[C@@H]1C[C@@H](CNC(=O)C[C@H](C)c2cccc(F)c2)CCO1. The van der Waals surface area contributed by atoms with E-state index in [0.29, 0.717) is 18.9 Å². The normalized spacial score (nSPS) is 23.6. The molecule has 0 unspecified atom stereocenters. The maximum absolute atomic E-state index is 13.2. The van der Waals surface area contributed by atoms with Gasteiger partial charge in [0.25, 0.3) is 0 Å². The van der Waals surface area contributed by atoms with Crippen molar-refractivity contribution in [3.05, 3.63) is 35.6 Å². The fraction of sp³-hybridized carbons (Fsp3) is 0.588. The highest BCUT2D eigenvalue weighted by molar-refractivity contribution is 5.76. The summed E-state index contributed by atoms with van der Waals surface area (Å²) in [6.45, 7) is 5.51. The van der Waals surface area contributed by atoms with E-state index < -0.39 is 0 Å². The number of benzene rings is 1. The summed E-state index contributed by atoms with van der Waals surface area (Å²) in [6, 6.07) is 6.46. The zero-order valence-corrected chi connectivity index (χ0v) is 12.8. The third kappa shape index (κ3) is 5.12. The molecule has 1 aromatic carbocycles. The summed E-state index contributed by atoms with van der Waals surface area (Å²) in [6.07, 6.45) is 2.68. The molecule has 3 atom stereocenters. The minimum Gasteiger partial charge on any atom is -0.378 e. The van der Waals surface area contributed by atoms with Gasteiger partial charge >= 0.3 is 0 Å². The van der Waals surface area contributed by atoms with E-state index >= 15 is 0 Å². The van der Waals surface area contributed by atoms with Crippen molar-refractivity contribution >= 4 is 5.91 Å². The molecule has 1 amide bonds. The predicted molar refractivity (Wildman–Crippen MR) is 80.6 cm³/mol. The van der Waals surface area contributed by atoms with Crippen molar-refractivity contribution in [3.8, 4) is 0 Å². The second-order valence-corrected chi connectivity index (χ2v) is 6.04. The van der Waals surface area contributed by atoms with E-state index in [9.17, 15) is 9.18 Å². The molecule has 0 radical (unpaired) electrons. The Hall–Kier alpha value is -1.42. The monoisotopic (exact) mass is 293 g/mol. The van der Waals surface area contributed by atoms with Crippen LogP contribution in [0.5, 0.6) is 0 Å². The largest absolute Gasteiger partial charge is 0.378 e. The van der Waals surface area contributed by atoms with Crippen molar-refractivity contribution in [2.45, 2.75) is 45.1 Å². The lowest BCUT2D eigenvalue weighted by Crippen LogP contribution is -2.34. The van der Waals surface area contributed by atoms with Crippen molar-refractivity contribution in [2.24, 2.45) is 5.92 Å². The molecule has 0 aromatic heterocycles. The van der Waals surface area contributed by atoms with Crippen LogP contribution in [0, 0.1) is 11.7 Å². The van der Waals surface area contributed by atoms with Crippen LogP contribution in [0.2, 0.25) is 0 Å². The highest BCUT2D eigenvalue weighted by Crippen LogP contribution is 2.21. The number of rotatable bonds is 5. The summed E-state index contributed by atoms with van der Waals surface area (Å²) < 4.78 is 18.7. The van der Waals surface area contributed by atoms with Crippen LogP contribution in [0.4, 0.5) is 4.39 Å². The van der Waals surface area contributed by atoms with Crippen LogP contribution < -0.4 is 5.32 Å². The molecule has 1 aliphatic heterocycles. The molecule has 2 rings (SSSR count). The predicted octanol–water partition coefficient (Wildman–Crippen LogP) is 3.25. The van der Waals surface area contributed by atoms with Crippen LogP contribution in [-0.2, 0) is 9.53 Å². The van der Waals surface area contributed by atoms with Gasteiger partial charge in [-0.1, -0.05) is 19.1 Å². The minimum atomic E-state index is -0.254. The molecule has 0 spiro atoms. The Morgan fingerprint density at radius 3 is 3.05 bits per heavy atom. The molecule has 0 bridgehead atoms. The van der Waals surface area contributed by atoms with Crippen molar-refractivity contribution in [2.75, 3.05) is 13.2 Å². The highest BCUT2D eigenvalue weighted by Gasteiger charge is 2.20. The molecule has 21 heavy (non-hydrogen) atoms. The molecule has 1 heterocycles. The van der Waals surface area contributed by atoms with Gasteiger partial charge in [0.15, 0.2) is 0 Å². The first-order valence-electron chi connectivity index (χ1n) is 7.68. The molecule has 4 heteroatoms. The van der Waals surface area contributed by atoms with Crippen molar-refractivity contribution in [1.82, 2.24) is 5.32 Å². The molecule has 1 saturated heterocycles. The van der Waals surface area contributed by atoms with E-state index in [1.54, 1.807) is 6.07 Å². The zero-order chi connectivity index (χ0) is 15.2. The first-order valence-corrected chi connectivity index (χ1v) is 7.68. The molecule has 3 nitrogen and oxygen atoms in total. The first-order chi connectivity index (χ1) is 10.0. The Morgan fingerprint density at radius 1 is 1.52 bits per heavy atom. The average Bonchev–Trinajstić information content (AvgIpc) is 2.45. The van der Waals surface area contributed by atoms with Gasteiger partial charge in [-0.25, -0.2) is 4.39 Å². The Morgan fingerprint density at radius 2 is 2.33 bits per heavy atom. The number of hydrogen-bond acceptors (Lipinski definition) is 2. The van der Waals surface area contributed by atoms with E-state index in [-0.39, 0.29) is 23.7 Å². The number of ether oxygens (including phenoxy) is 1. The van der Waals surface area contributed by atoms with Gasteiger partial charge in [-0.15, -0.1) is 0 Å². The minimum absolute atomic E-state index is 0.0225. The smallest absolute Gasteiger partial charge is 0.220 e. The Bertz CT molecular complexity index is 478. The lowest BCUT2D eigenvalue weighted by atomic mass is 9.95. The van der Waals surface area contributed by atoms with Crippen molar-refractivity contribution in [1.29, 1.82) is 0 Å². The van der Waals surface area contributed by atoms with Crippen LogP contribution >= 0.6 is 0 Å². The summed E-state index contributed by atoms with van der Waals surface area (Å²) in [4.78, 5) is 12.0. The van der Waals surface area contributed by atoms with Crippen LogP contribution in [-0.4, -0.2) is 25.2 Å². The highest BCUT2D eigenvalue weighted by atomic mass is 19.1. The van der Waals surface area contributed by atoms with E-state index in [2.05, 4.69) is 12.2 Å². The van der Waals surface area contributed by atoms with Gasteiger partial charge in [-0.2, -0.15) is 0 Å². The molecule has 1 aromatic rings. The summed E-state index contributed by atoms with van der Waals surface area (Å²) in [5.74, 6) is 0.304. The first kappa shape index (κ1) is 16.0. The quantitative estimate of drug-likeness (QED) is 0.905. The Kier molecular flexibility index (Phi) is 5.74. The number of nitrogens with one attached hydrogen (secondary N) is 1. The molecular weight excluding hydrogens is 269 g/mol. The van der Waals surface area contributed by atoms with Crippen molar-refractivity contribution < 1.29 is 13.9 Å². The molecule has 1 aliphatic rings. The second kappa shape index (κ2) is 7.55. The lowest BCUT2D eigenvalue weighted by molar-refractivity contribution is -0.121. The fourth-order valence-electron chi connectivity index (χ4n) is 2.82. The van der Waals surface area contributed by atoms with Gasteiger partial charge in [-0.3, -0.25) is 4.79 Å². The van der Waals surface area contributed by atoms with Crippen LogP contribution in [0.1, 0.15) is 44.6 Å². The maximum atomic E-state index is 13.2. The van der Waals surface area contributed by atoms with E-state index in [0.717, 1.165) is 25.0 Å². The average molecular weight is 293 g/mol. The molecule has 116 valence electrons. The van der Waals surface area contributed by atoms with E-state index in [1.807, 2.05) is 13.0 Å². The summed E-state index contributed by atoms with van der Waals surface area (Å²) in [5.41, 5.74) is 0.866.